The van der Waals surface area contributed by atoms with Gasteiger partial charge in [-0.3, -0.25) is 0 Å². The van der Waals surface area contributed by atoms with Gasteiger partial charge in [0.25, 0.3) is 0 Å². The molecule has 0 saturated heterocycles. The van der Waals surface area contributed by atoms with Crippen LogP contribution in [0.2, 0.25) is 0 Å². The van der Waals surface area contributed by atoms with Gasteiger partial charge >= 0.3 is 0 Å². The number of pyridine rings is 1. The van der Waals surface area contributed by atoms with Crippen molar-refractivity contribution in [3.8, 4) is 0 Å². The average molecular weight is 219 g/mol. The molecule has 1 aliphatic carbocycles. The molecule has 1 aromatic heterocycles. The Kier molecular flexibility index (Phi) is 3.44. The van der Waals surface area contributed by atoms with E-state index in [9.17, 15) is 0 Å². The lowest BCUT2D eigenvalue weighted by Crippen LogP contribution is -2.27. The predicted octanol–water partition coefficient (Wildman–Crippen LogP) is 2.46. The van der Waals surface area contributed by atoms with Gasteiger partial charge in [-0.25, -0.2) is 4.98 Å². The van der Waals surface area contributed by atoms with Crippen LogP contribution in [0.5, 0.6) is 0 Å². The summed E-state index contributed by atoms with van der Waals surface area (Å²) in [6.45, 7) is 0. The van der Waals surface area contributed by atoms with E-state index in [-0.39, 0.29) is 0 Å². The van der Waals surface area contributed by atoms with Crippen LogP contribution in [-0.2, 0) is 0 Å². The van der Waals surface area contributed by atoms with Crippen molar-refractivity contribution in [2.24, 2.45) is 5.92 Å². The number of hydrogen-bond donors (Lipinski definition) is 1. The highest BCUT2D eigenvalue weighted by Crippen LogP contribution is 2.37. The minimum atomic E-state index is 0.422. The Morgan fingerprint density at radius 2 is 2.00 bits per heavy atom. The predicted molar refractivity (Wildman–Crippen MR) is 67.0 cm³/mol. The van der Waals surface area contributed by atoms with Crippen LogP contribution < -0.4 is 5.73 Å². The second kappa shape index (κ2) is 4.83. The fourth-order valence-corrected chi connectivity index (χ4v) is 2.83. The summed E-state index contributed by atoms with van der Waals surface area (Å²) in [5.74, 6) is 1.37. The third-order valence-corrected chi connectivity index (χ3v) is 3.50. The van der Waals surface area contributed by atoms with Crippen molar-refractivity contribution in [1.29, 1.82) is 0 Å². The van der Waals surface area contributed by atoms with Crippen molar-refractivity contribution in [3.05, 3.63) is 23.9 Å². The molecule has 3 heteroatoms. The van der Waals surface area contributed by atoms with Crippen LogP contribution in [0, 0.1) is 5.92 Å². The highest BCUT2D eigenvalue weighted by molar-refractivity contribution is 5.30. The zero-order chi connectivity index (χ0) is 11.5. The van der Waals surface area contributed by atoms with Crippen LogP contribution in [0.3, 0.4) is 0 Å². The summed E-state index contributed by atoms with van der Waals surface area (Å²) in [6.07, 6.45) is 5.35. The van der Waals surface area contributed by atoms with Gasteiger partial charge in [0.1, 0.15) is 5.82 Å². The Morgan fingerprint density at radius 3 is 2.56 bits per heavy atom. The van der Waals surface area contributed by atoms with Gasteiger partial charge in [0.05, 0.1) is 11.7 Å². The molecule has 1 aromatic rings. The molecule has 88 valence electrons. The van der Waals surface area contributed by atoms with E-state index in [1.54, 1.807) is 0 Å². The zero-order valence-electron chi connectivity index (χ0n) is 10.2. The van der Waals surface area contributed by atoms with Gasteiger partial charge in [0, 0.05) is 0 Å². The summed E-state index contributed by atoms with van der Waals surface area (Å²) in [6, 6.07) is 6.37. The van der Waals surface area contributed by atoms with Crippen molar-refractivity contribution >= 4 is 5.82 Å². The molecule has 16 heavy (non-hydrogen) atoms. The highest BCUT2D eigenvalue weighted by atomic mass is 15.1. The number of hydrogen-bond acceptors (Lipinski definition) is 3. The first-order valence-electron chi connectivity index (χ1n) is 6.07. The van der Waals surface area contributed by atoms with Crippen LogP contribution in [0.1, 0.15) is 37.4 Å². The highest BCUT2D eigenvalue weighted by Gasteiger charge is 2.28. The molecular formula is C13H21N3. The largest absolute Gasteiger partial charge is 0.384 e. The van der Waals surface area contributed by atoms with Crippen LogP contribution in [0.4, 0.5) is 5.82 Å². The molecule has 1 saturated carbocycles. The molecule has 0 spiro atoms. The molecule has 1 unspecified atom stereocenters. The minimum absolute atomic E-state index is 0.422. The smallest absolute Gasteiger partial charge is 0.123 e. The third-order valence-electron chi connectivity index (χ3n) is 3.50. The normalized spacial score (nSPS) is 19.2. The van der Waals surface area contributed by atoms with Gasteiger partial charge in [-0.2, -0.15) is 0 Å². The molecular weight excluding hydrogens is 198 g/mol. The van der Waals surface area contributed by atoms with Gasteiger partial charge < -0.3 is 10.6 Å². The number of rotatable bonds is 3. The van der Waals surface area contributed by atoms with Crippen LogP contribution in [-0.4, -0.2) is 24.0 Å². The van der Waals surface area contributed by atoms with Gasteiger partial charge in [0.15, 0.2) is 0 Å². The Hall–Kier alpha value is -1.09. The molecule has 0 bridgehead atoms. The minimum Gasteiger partial charge on any atom is -0.384 e. The molecule has 0 aliphatic heterocycles. The van der Waals surface area contributed by atoms with Crippen molar-refractivity contribution in [3.63, 3.8) is 0 Å². The van der Waals surface area contributed by atoms with E-state index < -0.39 is 0 Å². The first-order valence-corrected chi connectivity index (χ1v) is 6.07. The summed E-state index contributed by atoms with van der Waals surface area (Å²) >= 11 is 0. The summed E-state index contributed by atoms with van der Waals surface area (Å²) < 4.78 is 0. The lowest BCUT2D eigenvalue weighted by Gasteiger charge is -2.29. The second-order valence-corrected chi connectivity index (χ2v) is 4.94. The fraction of sp³-hybridized carbons (Fsp3) is 0.615. The molecule has 1 atom stereocenters. The third kappa shape index (κ3) is 2.35. The number of nitrogen functional groups attached to an aromatic ring is 1. The summed E-state index contributed by atoms with van der Waals surface area (Å²) in [4.78, 5) is 6.75. The first kappa shape index (κ1) is 11.4. The van der Waals surface area contributed by atoms with Crippen LogP contribution >= 0.6 is 0 Å². The van der Waals surface area contributed by atoms with Gasteiger partial charge in [-0.15, -0.1) is 0 Å². The van der Waals surface area contributed by atoms with E-state index in [4.69, 9.17) is 5.73 Å². The van der Waals surface area contributed by atoms with E-state index in [1.165, 1.54) is 25.7 Å². The average Bonchev–Trinajstić information content (AvgIpc) is 2.71. The van der Waals surface area contributed by atoms with Gasteiger partial charge in [-0.05, 0) is 45.0 Å². The van der Waals surface area contributed by atoms with E-state index in [2.05, 4.69) is 30.0 Å². The first-order chi connectivity index (χ1) is 7.68. The van der Waals surface area contributed by atoms with E-state index >= 15 is 0 Å². The van der Waals surface area contributed by atoms with Gasteiger partial charge in [-0.1, -0.05) is 18.9 Å². The maximum absolute atomic E-state index is 5.77. The quantitative estimate of drug-likeness (QED) is 0.849. The molecule has 3 nitrogen and oxygen atoms in total. The molecule has 2 N–H and O–H groups in total. The fourth-order valence-electron chi connectivity index (χ4n) is 2.83. The Balaban J connectivity index is 2.24. The lowest BCUT2D eigenvalue weighted by molar-refractivity contribution is 0.209. The van der Waals surface area contributed by atoms with E-state index in [0.29, 0.717) is 11.9 Å². The summed E-state index contributed by atoms with van der Waals surface area (Å²) in [5, 5.41) is 0. The van der Waals surface area contributed by atoms with Crippen molar-refractivity contribution in [1.82, 2.24) is 9.88 Å². The maximum atomic E-state index is 5.77. The number of aromatic nitrogens is 1. The molecule has 1 aliphatic rings. The number of anilines is 1. The SMILES string of the molecule is CN(C)C(c1cccc(N)n1)C1CCCC1. The molecule has 1 fully saturated rings. The molecule has 0 radical (unpaired) electrons. The standard InChI is InChI=1S/C13H21N3/c1-16(2)13(10-6-3-4-7-10)11-8-5-9-12(14)15-11/h5,8-10,13H,3-4,6-7H2,1-2H3,(H2,14,15). The monoisotopic (exact) mass is 219 g/mol. The molecule has 0 amide bonds. The van der Waals surface area contributed by atoms with E-state index in [0.717, 1.165) is 11.6 Å². The Bertz CT molecular complexity index is 343. The summed E-state index contributed by atoms with van der Waals surface area (Å²) in [7, 11) is 4.27. The Labute approximate surface area is 97.7 Å². The Morgan fingerprint density at radius 1 is 1.31 bits per heavy atom. The van der Waals surface area contributed by atoms with Crippen molar-refractivity contribution < 1.29 is 0 Å². The lowest BCUT2D eigenvalue weighted by atomic mass is 9.94. The van der Waals surface area contributed by atoms with Crippen LogP contribution in [0.25, 0.3) is 0 Å². The maximum Gasteiger partial charge on any atom is 0.123 e. The molecule has 0 aromatic carbocycles. The summed E-state index contributed by atoms with van der Waals surface area (Å²) in [5.41, 5.74) is 6.89. The molecule has 2 rings (SSSR count). The zero-order valence-corrected chi connectivity index (χ0v) is 10.2. The number of nitrogens with two attached hydrogens (primary N) is 1. The van der Waals surface area contributed by atoms with Crippen LogP contribution in [0.15, 0.2) is 18.2 Å². The topological polar surface area (TPSA) is 42.1 Å². The van der Waals surface area contributed by atoms with Gasteiger partial charge in [0.2, 0.25) is 0 Å². The number of nitrogens with zero attached hydrogens (tertiary/aromatic N) is 2. The van der Waals surface area contributed by atoms with E-state index in [1.807, 2.05) is 12.1 Å². The van der Waals surface area contributed by atoms with Crippen molar-refractivity contribution in [2.45, 2.75) is 31.7 Å². The second-order valence-electron chi connectivity index (χ2n) is 4.94. The van der Waals surface area contributed by atoms with Crippen molar-refractivity contribution in [2.75, 3.05) is 19.8 Å². The molecule has 1 heterocycles.